The summed E-state index contributed by atoms with van der Waals surface area (Å²) >= 11 is 0. The summed E-state index contributed by atoms with van der Waals surface area (Å²) in [5.74, 6) is -0.0930. The average Bonchev–Trinajstić information content (AvgIpc) is 2.90. The topological polar surface area (TPSA) is 105 Å². The highest BCUT2D eigenvalue weighted by atomic mass is 16.2. The molecule has 134 valence electrons. The maximum atomic E-state index is 12.3. The van der Waals surface area contributed by atoms with E-state index in [1.54, 1.807) is 33.8 Å². The van der Waals surface area contributed by atoms with Gasteiger partial charge in [0, 0.05) is 17.4 Å². The van der Waals surface area contributed by atoms with Gasteiger partial charge in [-0.2, -0.15) is 5.10 Å². The first-order chi connectivity index (χ1) is 11.8. The molecular formula is C17H24N6O2. The van der Waals surface area contributed by atoms with E-state index in [2.05, 4.69) is 15.7 Å². The highest BCUT2D eigenvalue weighted by Crippen LogP contribution is 2.19. The number of nitrogens with two attached hydrogens (primary N) is 1. The van der Waals surface area contributed by atoms with Gasteiger partial charge < -0.3 is 21.3 Å². The van der Waals surface area contributed by atoms with Gasteiger partial charge in [0.15, 0.2) is 0 Å². The first kappa shape index (κ1) is 18.5. The monoisotopic (exact) mass is 344 g/mol. The van der Waals surface area contributed by atoms with Crippen LogP contribution < -0.4 is 16.4 Å². The number of rotatable bonds is 6. The van der Waals surface area contributed by atoms with Crippen molar-refractivity contribution in [1.82, 2.24) is 14.7 Å². The molecule has 8 nitrogen and oxygen atoms in total. The van der Waals surface area contributed by atoms with Gasteiger partial charge in [-0.05, 0) is 52.2 Å². The van der Waals surface area contributed by atoms with Crippen LogP contribution in [0.15, 0.2) is 30.5 Å². The minimum Gasteiger partial charge on any atom is -0.383 e. The van der Waals surface area contributed by atoms with Gasteiger partial charge in [-0.3, -0.25) is 9.59 Å². The van der Waals surface area contributed by atoms with E-state index in [9.17, 15) is 9.59 Å². The smallest absolute Gasteiger partial charge is 0.261 e. The Morgan fingerprint density at radius 1 is 1.16 bits per heavy atom. The molecule has 25 heavy (non-hydrogen) atoms. The van der Waals surface area contributed by atoms with E-state index in [1.165, 1.54) is 6.20 Å². The van der Waals surface area contributed by atoms with Crippen molar-refractivity contribution in [3.8, 4) is 0 Å². The Balaban J connectivity index is 2.01. The van der Waals surface area contributed by atoms with E-state index >= 15 is 0 Å². The molecule has 0 fully saturated rings. The van der Waals surface area contributed by atoms with Gasteiger partial charge >= 0.3 is 0 Å². The molecule has 4 N–H and O–H groups in total. The number of amides is 2. The Kier molecular flexibility index (Phi) is 5.76. The molecule has 0 radical (unpaired) electrons. The molecule has 1 aromatic heterocycles. The third-order valence-electron chi connectivity index (χ3n) is 3.45. The first-order valence-corrected chi connectivity index (χ1v) is 7.97. The molecule has 2 rings (SSSR count). The number of aromatic nitrogens is 2. The van der Waals surface area contributed by atoms with Crippen molar-refractivity contribution >= 4 is 29.0 Å². The van der Waals surface area contributed by atoms with Crippen LogP contribution in [0.25, 0.3) is 0 Å². The van der Waals surface area contributed by atoms with Crippen LogP contribution in [0.1, 0.15) is 30.2 Å². The molecule has 0 saturated heterocycles. The molecule has 2 aromatic rings. The zero-order chi connectivity index (χ0) is 18.6. The molecule has 1 aromatic carbocycles. The van der Waals surface area contributed by atoms with Crippen LogP contribution >= 0.6 is 0 Å². The summed E-state index contributed by atoms with van der Waals surface area (Å²) in [6.45, 7) is 4.18. The fourth-order valence-electron chi connectivity index (χ4n) is 2.28. The van der Waals surface area contributed by atoms with Crippen molar-refractivity contribution in [3.05, 3.63) is 36.0 Å². The fraction of sp³-hybridized carbons (Fsp3) is 0.353. The van der Waals surface area contributed by atoms with Gasteiger partial charge in [-0.25, -0.2) is 4.68 Å². The first-order valence-electron chi connectivity index (χ1n) is 7.97. The number of anilines is 3. The van der Waals surface area contributed by atoms with Crippen LogP contribution in [0.3, 0.4) is 0 Å². The van der Waals surface area contributed by atoms with Crippen LogP contribution in [0.4, 0.5) is 17.2 Å². The van der Waals surface area contributed by atoms with Crippen molar-refractivity contribution < 1.29 is 9.59 Å². The predicted molar refractivity (Wildman–Crippen MR) is 98.6 cm³/mol. The maximum Gasteiger partial charge on any atom is 0.261 e. The van der Waals surface area contributed by atoms with Crippen molar-refractivity contribution in [2.24, 2.45) is 0 Å². The lowest BCUT2D eigenvalue weighted by atomic mass is 10.2. The number of nitrogens with zero attached hydrogens (tertiary/aromatic N) is 3. The van der Waals surface area contributed by atoms with Crippen molar-refractivity contribution in [1.29, 1.82) is 0 Å². The number of hydrogen-bond acceptors (Lipinski definition) is 5. The Bertz CT molecular complexity index is 749. The second-order valence-corrected chi connectivity index (χ2v) is 6.30. The minimum absolute atomic E-state index is 0.0756. The molecule has 0 unspecified atom stereocenters. The largest absolute Gasteiger partial charge is 0.383 e. The van der Waals surface area contributed by atoms with E-state index in [4.69, 9.17) is 5.73 Å². The fourth-order valence-corrected chi connectivity index (χ4v) is 2.28. The van der Waals surface area contributed by atoms with E-state index in [0.29, 0.717) is 29.3 Å². The lowest BCUT2D eigenvalue weighted by Gasteiger charge is -2.11. The Morgan fingerprint density at radius 3 is 2.20 bits per heavy atom. The molecule has 2 amide bonds. The SMILES string of the molecule is CC(C)n1ncc(C(=O)Nc2ccc(NC(=O)CN(C)C)cc2)c1N. The van der Waals surface area contributed by atoms with Gasteiger partial charge in [0.05, 0.1) is 12.7 Å². The van der Waals surface area contributed by atoms with E-state index < -0.39 is 0 Å². The maximum absolute atomic E-state index is 12.3. The van der Waals surface area contributed by atoms with Gasteiger partial charge in [0.2, 0.25) is 5.91 Å². The quantitative estimate of drug-likeness (QED) is 0.741. The molecule has 0 saturated carbocycles. The second kappa shape index (κ2) is 7.80. The normalized spacial score (nSPS) is 11.0. The molecule has 8 heteroatoms. The number of carbonyl (C=O) groups excluding carboxylic acids is 2. The highest BCUT2D eigenvalue weighted by Gasteiger charge is 2.16. The van der Waals surface area contributed by atoms with Crippen molar-refractivity contribution in [2.75, 3.05) is 37.0 Å². The predicted octanol–water partition coefficient (Wildman–Crippen LogP) is 1.80. The molecule has 0 aliphatic rings. The number of benzene rings is 1. The Morgan fingerprint density at radius 2 is 1.72 bits per heavy atom. The van der Waals surface area contributed by atoms with Gasteiger partial charge in [0.1, 0.15) is 11.4 Å². The second-order valence-electron chi connectivity index (χ2n) is 6.30. The summed E-state index contributed by atoms with van der Waals surface area (Å²) in [7, 11) is 3.65. The third-order valence-corrected chi connectivity index (χ3v) is 3.45. The van der Waals surface area contributed by atoms with E-state index in [1.807, 2.05) is 27.9 Å². The van der Waals surface area contributed by atoms with Crippen LogP contribution in [0, 0.1) is 0 Å². The number of hydrogen-bond donors (Lipinski definition) is 3. The summed E-state index contributed by atoms with van der Waals surface area (Å²) < 4.78 is 1.60. The summed E-state index contributed by atoms with van der Waals surface area (Å²) in [4.78, 5) is 25.8. The molecule has 0 bridgehead atoms. The van der Waals surface area contributed by atoms with Crippen LogP contribution in [0.2, 0.25) is 0 Å². The lowest BCUT2D eigenvalue weighted by Crippen LogP contribution is -2.27. The molecule has 0 spiro atoms. The van der Waals surface area contributed by atoms with Gasteiger partial charge in [-0.15, -0.1) is 0 Å². The lowest BCUT2D eigenvalue weighted by molar-refractivity contribution is -0.116. The molecule has 0 atom stereocenters. The number of likely N-dealkylation sites (N-methyl/N-ethyl adjacent to an activating group) is 1. The van der Waals surface area contributed by atoms with Crippen molar-refractivity contribution in [3.63, 3.8) is 0 Å². The molecule has 1 heterocycles. The van der Waals surface area contributed by atoms with Gasteiger partial charge in [0.25, 0.3) is 5.91 Å². The summed E-state index contributed by atoms with van der Waals surface area (Å²) in [5.41, 5.74) is 7.56. The highest BCUT2D eigenvalue weighted by molar-refractivity contribution is 6.07. The molecule has 0 aliphatic heterocycles. The number of carbonyl (C=O) groups is 2. The van der Waals surface area contributed by atoms with E-state index in [-0.39, 0.29) is 17.9 Å². The summed E-state index contributed by atoms with van der Waals surface area (Å²) in [5, 5.41) is 9.68. The average molecular weight is 344 g/mol. The zero-order valence-corrected chi connectivity index (χ0v) is 14.9. The minimum atomic E-state index is -0.325. The Hall–Kier alpha value is -2.87. The van der Waals surface area contributed by atoms with Crippen LogP contribution in [0.5, 0.6) is 0 Å². The third kappa shape index (κ3) is 4.80. The molecular weight excluding hydrogens is 320 g/mol. The van der Waals surface area contributed by atoms with Crippen LogP contribution in [-0.2, 0) is 4.79 Å². The molecule has 0 aliphatic carbocycles. The Labute approximate surface area is 147 Å². The van der Waals surface area contributed by atoms with E-state index in [0.717, 1.165) is 0 Å². The van der Waals surface area contributed by atoms with Gasteiger partial charge in [-0.1, -0.05) is 0 Å². The van der Waals surface area contributed by atoms with Crippen LogP contribution in [-0.4, -0.2) is 47.1 Å². The summed E-state index contributed by atoms with van der Waals surface area (Å²) in [6, 6.07) is 6.96. The standard InChI is InChI=1S/C17H24N6O2/c1-11(2)23-16(18)14(9-19-23)17(25)21-13-7-5-12(6-8-13)20-15(24)10-22(3)4/h5-9,11H,10,18H2,1-4H3,(H,20,24)(H,21,25). The van der Waals surface area contributed by atoms with Crippen molar-refractivity contribution in [2.45, 2.75) is 19.9 Å². The zero-order valence-electron chi connectivity index (χ0n) is 14.9. The number of nitrogens with one attached hydrogen (secondary N) is 2. The summed E-state index contributed by atoms with van der Waals surface area (Å²) in [6.07, 6.45) is 1.46. The number of nitrogen functional groups attached to an aromatic ring is 1.